The van der Waals surface area contributed by atoms with E-state index in [1.54, 1.807) is 37.3 Å². The highest BCUT2D eigenvalue weighted by Gasteiger charge is 2.41. The van der Waals surface area contributed by atoms with Crippen molar-refractivity contribution in [1.29, 1.82) is 0 Å². The zero-order valence-electron chi connectivity index (χ0n) is 15.1. The summed E-state index contributed by atoms with van der Waals surface area (Å²) in [6.07, 6.45) is 1.15. The van der Waals surface area contributed by atoms with Crippen LogP contribution < -0.4 is 5.32 Å². The number of rotatable bonds is 5. The van der Waals surface area contributed by atoms with Crippen LogP contribution in [0.2, 0.25) is 5.02 Å². The van der Waals surface area contributed by atoms with Gasteiger partial charge in [-0.05, 0) is 55.2 Å². The molecule has 0 bridgehead atoms. The van der Waals surface area contributed by atoms with Crippen LogP contribution in [-0.2, 0) is 19.7 Å². The molecule has 3 rings (SSSR count). The zero-order chi connectivity index (χ0) is 19.4. The molecule has 2 aromatic carbocycles. The van der Waals surface area contributed by atoms with Crippen molar-refractivity contribution in [2.45, 2.75) is 31.1 Å². The summed E-state index contributed by atoms with van der Waals surface area (Å²) in [4.78, 5) is 24.3. The van der Waals surface area contributed by atoms with Gasteiger partial charge in [-0.3, -0.25) is 9.59 Å². The van der Waals surface area contributed by atoms with E-state index in [1.165, 1.54) is 0 Å². The van der Waals surface area contributed by atoms with Crippen LogP contribution >= 0.6 is 11.6 Å². The summed E-state index contributed by atoms with van der Waals surface area (Å²) in [6, 6.07) is 14.3. The smallest absolute Gasteiger partial charge is 0.310 e. The molecule has 1 aliphatic heterocycles. The van der Waals surface area contributed by atoms with Crippen molar-refractivity contribution in [1.82, 2.24) is 0 Å². The molecular weight excluding hydrogens is 366 g/mol. The summed E-state index contributed by atoms with van der Waals surface area (Å²) in [6.45, 7) is 2.65. The van der Waals surface area contributed by atoms with Crippen molar-refractivity contribution in [3.05, 3.63) is 64.7 Å². The number of aliphatic carboxylic acids is 1. The van der Waals surface area contributed by atoms with E-state index >= 15 is 0 Å². The van der Waals surface area contributed by atoms with Crippen LogP contribution in [0.3, 0.4) is 0 Å². The van der Waals surface area contributed by atoms with E-state index in [9.17, 15) is 9.59 Å². The summed E-state index contributed by atoms with van der Waals surface area (Å²) in [5, 5.41) is 12.7. The number of hydrogen-bond donors (Lipinski definition) is 2. The molecule has 1 atom stereocenters. The average molecular weight is 388 g/mol. The lowest BCUT2D eigenvalue weighted by atomic mass is 9.73. The van der Waals surface area contributed by atoms with E-state index in [-0.39, 0.29) is 5.91 Å². The first-order chi connectivity index (χ1) is 12.9. The van der Waals surface area contributed by atoms with Crippen LogP contribution in [0.5, 0.6) is 0 Å². The topological polar surface area (TPSA) is 75.6 Å². The first-order valence-electron chi connectivity index (χ1n) is 8.90. The second kappa shape index (κ2) is 8.11. The van der Waals surface area contributed by atoms with Crippen LogP contribution in [0.1, 0.15) is 36.8 Å². The highest BCUT2D eigenvalue weighted by Crippen LogP contribution is 2.37. The number of amides is 1. The largest absolute Gasteiger partial charge is 0.481 e. The third-order valence-corrected chi connectivity index (χ3v) is 5.43. The molecule has 5 nitrogen and oxygen atoms in total. The SMILES string of the molecule is CC(C(=O)O)c1ccc(NC(=O)C2(c3cccc(Cl)c3)CCOCC2)cc1. The van der Waals surface area contributed by atoms with Gasteiger partial charge in [0, 0.05) is 23.9 Å². The molecule has 0 radical (unpaired) electrons. The highest BCUT2D eigenvalue weighted by molar-refractivity contribution is 6.30. The number of halogens is 1. The predicted octanol–water partition coefficient (Wildman–Crippen LogP) is 4.22. The summed E-state index contributed by atoms with van der Waals surface area (Å²) in [5.41, 5.74) is 1.51. The van der Waals surface area contributed by atoms with E-state index in [0.717, 1.165) is 5.56 Å². The molecule has 0 spiro atoms. The van der Waals surface area contributed by atoms with Crippen molar-refractivity contribution in [3.8, 4) is 0 Å². The molecule has 2 N–H and O–H groups in total. The minimum Gasteiger partial charge on any atom is -0.481 e. The fraction of sp³-hybridized carbons (Fsp3) is 0.333. The van der Waals surface area contributed by atoms with Crippen molar-refractivity contribution in [2.24, 2.45) is 0 Å². The highest BCUT2D eigenvalue weighted by atomic mass is 35.5. The van der Waals surface area contributed by atoms with Crippen LogP contribution in [0.4, 0.5) is 5.69 Å². The minimum absolute atomic E-state index is 0.105. The number of ether oxygens (including phenoxy) is 1. The molecule has 0 aliphatic carbocycles. The van der Waals surface area contributed by atoms with Crippen molar-refractivity contribution >= 4 is 29.2 Å². The Morgan fingerprint density at radius 1 is 1.15 bits per heavy atom. The fourth-order valence-electron chi connectivity index (χ4n) is 3.40. The summed E-state index contributed by atoms with van der Waals surface area (Å²) in [5.74, 6) is -1.58. The van der Waals surface area contributed by atoms with Crippen molar-refractivity contribution in [3.63, 3.8) is 0 Å². The molecule has 1 aliphatic rings. The molecule has 142 valence electrons. The van der Waals surface area contributed by atoms with Crippen LogP contribution in [0.15, 0.2) is 48.5 Å². The Morgan fingerprint density at radius 2 is 1.81 bits per heavy atom. The van der Waals surface area contributed by atoms with Gasteiger partial charge in [-0.15, -0.1) is 0 Å². The van der Waals surface area contributed by atoms with E-state index in [1.807, 2.05) is 18.2 Å². The molecule has 1 saturated heterocycles. The van der Waals surface area contributed by atoms with Gasteiger partial charge in [0.1, 0.15) is 0 Å². The first kappa shape index (κ1) is 19.4. The van der Waals surface area contributed by atoms with Gasteiger partial charge in [0.15, 0.2) is 0 Å². The third kappa shape index (κ3) is 4.15. The lowest BCUT2D eigenvalue weighted by molar-refractivity contribution is -0.138. The number of carboxylic acids is 1. The second-order valence-corrected chi connectivity index (χ2v) is 7.28. The van der Waals surface area contributed by atoms with Crippen molar-refractivity contribution in [2.75, 3.05) is 18.5 Å². The molecule has 27 heavy (non-hydrogen) atoms. The van der Waals surface area contributed by atoms with Gasteiger partial charge in [0.05, 0.1) is 11.3 Å². The van der Waals surface area contributed by atoms with Crippen LogP contribution in [0, 0.1) is 0 Å². The quantitative estimate of drug-likeness (QED) is 0.805. The maximum absolute atomic E-state index is 13.2. The van der Waals surface area contributed by atoms with Gasteiger partial charge >= 0.3 is 5.97 Å². The third-order valence-electron chi connectivity index (χ3n) is 5.20. The monoisotopic (exact) mass is 387 g/mol. The van der Waals surface area contributed by atoms with E-state index in [2.05, 4.69) is 5.32 Å². The second-order valence-electron chi connectivity index (χ2n) is 6.84. The maximum atomic E-state index is 13.2. The molecule has 1 amide bonds. The molecule has 1 heterocycles. The summed E-state index contributed by atoms with van der Waals surface area (Å²) < 4.78 is 5.47. The lowest BCUT2D eigenvalue weighted by Gasteiger charge is -2.36. The normalized spacial score (nSPS) is 17.1. The Labute approximate surface area is 163 Å². The van der Waals surface area contributed by atoms with Gasteiger partial charge in [-0.25, -0.2) is 0 Å². The first-order valence-corrected chi connectivity index (χ1v) is 9.28. The molecule has 2 aromatic rings. The molecule has 1 unspecified atom stereocenters. The molecule has 1 fully saturated rings. The molecule has 0 aromatic heterocycles. The maximum Gasteiger partial charge on any atom is 0.310 e. The number of carbonyl (C=O) groups excluding carboxylic acids is 1. The Hall–Kier alpha value is -2.37. The molecule has 6 heteroatoms. The fourth-order valence-corrected chi connectivity index (χ4v) is 3.59. The predicted molar refractivity (Wildman–Crippen MR) is 104 cm³/mol. The van der Waals surface area contributed by atoms with Gasteiger partial charge in [-0.2, -0.15) is 0 Å². The Balaban J connectivity index is 1.84. The zero-order valence-corrected chi connectivity index (χ0v) is 15.8. The van der Waals surface area contributed by atoms with E-state index < -0.39 is 17.3 Å². The van der Waals surface area contributed by atoms with Crippen LogP contribution in [0.25, 0.3) is 0 Å². The summed E-state index contributed by atoms with van der Waals surface area (Å²) >= 11 is 6.15. The number of carbonyl (C=O) groups is 2. The number of hydrogen-bond acceptors (Lipinski definition) is 3. The molecule has 0 saturated carbocycles. The van der Waals surface area contributed by atoms with Crippen molar-refractivity contribution < 1.29 is 19.4 Å². The average Bonchev–Trinajstić information content (AvgIpc) is 2.68. The van der Waals surface area contributed by atoms with Gasteiger partial charge < -0.3 is 15.2 Å². The lowest BCUT2D eigenvalue weighted by Crippen LogP contribution is -2.44. The Morgan fingerprint density at radius 3 is 2.41 bits per heavy atom. The standard InChI is InChI=1S/C21H22ClNO4/c1-14(19(24)25)15-5-7-18(8-6-15)23-20(26)21(9-11-27-12-10-21)16-3-2-4-17(22)13-16/h2-8,13-14H,9-12H2,1H3,(H,23,26)(H,24,25). The van der Waals surface area contributed by atoms with Gasteiger partial charge in [-0.1, -0.05) is 35.9 Å². The van der Waals surface area contributed by atoms with Gasteiger partial charge in [0.25, 0.3) is 0 Å². The minimum atomic E-state index is -0.881. The Kier molecular flexibility index (Phi) is 5.82. The van der Waals surface area contributed by atoms with E-state index in [4.69, 9.17) is 21.4 Å². The summed E-state index contributed by atoms with van der Waals surface area (Å²) in [7, 11) is 0. The van der Waals surface area contributed by atoms with Gasteiger partial charge in [0.2, 0.25) is 5.91 Å². The van der Waals surface area contributed by atoms with E-state index in [0.29, 0.717) is 42.3 Å². The number of nitrogens with one attached hydrogen (secondary N) is 1. The molecular formula is C21H22ClNO4. The number of anilines is 1. The number of benzene rings is 2. The Bertz CT molecular complexity index is 828. The number of carboxylic acid groups (broad SMARTS) is 1. The van der Waals surface area contributed by atoms with Crippen LogP contribution in [-0.4, -0.2) is 30.2 Å².